The molecule has 0 radical (unpaired) electrons. The van der Waals surface area contributed by atoms with Crippen molar-refractivity contribution in [3.63, 3.8) is 0 Å². The van der Waals surface area contributed by atoms with Gasteiger partial charge in [0.2, 0.25) is 0 Å². The van der Waals surface area contributed by atoms with E-state index in [1.807, 2.05) is 0 Å². The number of ether oxygens (including phenoxy) is 2. The summed E-state index contributed by atoms with van der Waals surface area (Å²) in [5.41, 5.74) is -0.323. The number of carbonyl (C=O) groups is 2. The van der Waals surface area contributed by atoms with Gasteiger partial charge in [-0.25, -0.2) is 9.59 Å². The molecule has 0 saturated carbocycles. The van der Waals surface area contributed by atoms with Crippen molar-refractivity contribution in [1.82, 2.24) is 0 Å². The van der Waals surface area contributed by atoms with E-state index >= 15 is 0 Å². The van der Waals surface area contributed by atoms with Gasteiger partial charge in [0.1, 0.15) is 34.1 Å². The predicted octanol–water partition coefficient (Wildman–Crippen LogP) is 3.29. The molecule has 0 unspecified atom stereocenters. The minimum Gasteiger partial charge on any atom is -0.507 e. The molecule has 0 fully saturated rings. The summed E-state index contributed by atoms with van der Waals surface area (Å²) in [6.45, 7) is 0. The maximum Gasteiger partial charge on any atom is 0.341 e. The third kappa shape index (κ3) is 5.08. The van der Waals surface area contributed by atoms with Crippen LogP contribution < -0.4 is 4.74 Å². The molecule has 0 spiro atoms. The molecule has 2 rings (SSSR count). The molecular weight excluding hydrogens is 391 g/mol. The Hall–Kier alpha value is -2.84. The fourth-order valence-electron chi connectivity index (χ4n) is 1.69. The topological polar surface area (TPSA) is 134 Å². The van der Waals surface area contributed by atoms with Crippen molar-refractivity contribution in [2.75, 3.05) is 14.2 Å². The monoisotopic (exact) mass is 404 g/mol. The molecule has 2 aromatic carbocycles. The van der Waals surface area contributed by atoms with E-state index in [1.165, 1.54) is 26.4 Å². The zero-order valence-corrected chi connectivity index (χ0v) is 15.0. The number of benzene rings is 2. The first-order valence-corrected chi connectivity index (χ1v) is 7.47. The summed E-state index contributed by atoms with van der Waals surface area (Å²) in [7, 11) is 2.64. The fraction of sp³-hybridized carbons (Fsp3) is 0.125. The molecule has 0 aromatic heterocycles. The minimum atomic E-state index is -1.30. The molecule has 0 aliphatic rings. The van der Waals surface area contributed by atoms with Crippen molar-refractivity contribution in [1.29, 1.82) is 0 Å². The maximum absolute atomic E-state index is 11.1. The van der Waals surface area contributed by atoms with E-state index in [9.17, 15) is 14.7 Å². The van der Waals surface area contributed by atoms with E-state index in [0.29, 0.717) is 5.75 Å². The Kier molecular flexibility index (Phi) is 7.36. The molecule has 0 saturated heterocycles. The Morgan fingerprint density at radius 2 is 1.38 bits per heavy atom. The molecular formula is C16H14Cl2O8. The van der Waals surface area contributed by atoms with E-state index in [-0.39, 0.29) is 32.7 Å². The Labute approximate surface area is 157 Å². The summed E-state index contributed by atoms with van der Waals surface area (Å²) in [6, 6.07) is 4.41. The lowest BCUT2D eigenvalue weighted by molar-refractivity contribution is 0.0596. The quantitative estimate of drug-likeness (QED) is 0.572. The molecule has 0 heterocycles. The summed E-state index contributed by atoms with van der Waals surface area (Å²) in [4.78, 5) is 21.5. The van der Waals surface area contributed by atoms with Crippen molar-refractivity contribution < 1.29 is 39.5 Å². The van der Waals surface area contributed by atoms with Crippen LogP contribution in [-0.2, 0) is 4.74 Å². The molecule has 0 aliphatic carbocycles. The number of aromatic hydroxyl groups is 3. The molecule has 26 heavy (non-hydrogen) atoms. The molecule has 0 atom stereocenters. The number of rotatable bonds is 3. The lowest BCUT2D eigenvalue weighted by Gasteiger charge is -2.07. The van der Waals surface area contributed by atoms with Crippen LogP contribution in [0, 0.1) is 0 Å². The Morgan fingerprint density at radius 3 is 1.88 bits per heavy atom. The minimum absolute atomic E-state index is 0.0123. The van der Waals surface area contributed by atoms with Gasteiger partial charge >= 0.3 is 11.9 Å². The van der Waals surface area contributed by atoms with E-state index < -0.39 is 17.7 Å². The van der Waals surface area contributed by atoms with Crippen LogP contribution in [0.4, 0.5) is 0 Å². The highest BCUT2D eigenvalue weighted by atomic mass is 35.5. The molecule has 0 bridgehead atoms. The molecule has 2 aromatic rings. The molecule has 0 amide bonds. The third-order valence-electron chi connectivity index (χ3n) is 2.97. The number of carbonyl (C=O) groups excluding carboxylic acids is 1. The van der Waals surface area contributed by atoms with Gasteiger partial charge in [0.15, 0.2) is 0 Å². The van der Waals surface area contributed by atoms with Crippen molar-refractivity contribution in [2.45, 2.75) is 0 Å². The first-order valence-electron chi connectivity index (χ1n) is 6.71. The van der Waals surface area contributed by atoms with E-state index in [0.717, 1.165) is 12.1 Å². The molecule has 0 aliphatic heterocycles. The number of phenolic OH excluding ortho intramolecular Hbond substituents is 2. The fourth-order valence-corrected chi connectivity index (χ4v) is 2.10. The van der Waals surface area contributed by atoms with Crippen molar-refractivity contribution in [3.8, 4) is 23.0 Å². The summed E-state index contributed by atoms with van der Waals surface area (Å²) >= 11 is 11.2. The van der Waals surface area contributed by atoms with Crippen LogP contribution in [0.15, 0.2) is 24.3 Å². The first kappa shape index (κ1) is 21.2. The number of carboxylic acids is 1. The van der Waals surface area contributed by atoms with Gasteiger partial charge in [-0.05, 0) is 12.1 Å². The number of esters is 1. The zero-order valence-electron chi connectivity index (χ0n) is 13.5. The highest BCUT2D eigenvalue weighted by molar-refractivity contribution is 6.32. The van der Waals surface area contributed by atoms with Gasteiger partial charge in [-0.1, -0.05) is 23.2 Å². The molecule has 140 valence electrons. The van der Waals surface area contributed by atoms with Crippen LogP contribution in [0.25, 0.3) is 0 Å². The first-order chi connectivity index (χ1) is 12.1. The number of methoxy groups -OCH3 is 2. The normalized spacial score (nSPS) is 9.69. The van der Waals surface area contributed by atoms with Crippen LogP contribution in [0.1, 0.15) is 20.7 Å². The smallest absolute Gasteiger partial charge is 0.341 e. The highest BCUT2D eigenvalue weighted by Gasteiger charge is 2.15. The van der Waals surface area contributed by atoms with Crippen molar-refractivity contribution in [2.24, 2.45) is 0 Å². The zero-order chi connectivity index (χ0) is 20.0. The standard InChI is InChI=1S/C9H9ClO4.C7H5ClO4/c1-13-8-4-7(11)5(3-6(8)10)9(12)14-2;8-4-1-3(7(11)12)5(9)2-6(4)10/h3-4,11H,1-2H3;1-2,9-10H,(H,11,12). The van der Waals surface area contributed by atoms with E-state index in [1.54, 1.807) is 0 Å². The Morgan fingerprint density at radius 1 is 0.846 bits per heavy atom. The third-order valence-corrected chi connectivity index (χ3v) is 3.57. The molecule has 8 nitrogen and oxygen atoms in total. The number of phenols is 3. The summed E-state index contributed by atoms with van der Waals surface area (Å²) in [5, 5.41) is 35.9. The number of hydrogen-bond donors (Lipinski definition) is 4. The Bertz CT molecular complexity index is 835. The van der Waals surface area contributed by atoms with Gasteiger partial charge in [-0.2, -0.15) is 0 Å². The number of aromatic carboxylic acids is 1. The van der Waals surface area contributed by atoms with Crippen LogP contribution in [0.3, 0.4) is 0 Å². The summed E-state index contributed by atoms with van der Waals surface area (Å²) in [6.07, 6.45) is 0. The van der Waals surface area contributed by atoms with Crippen LogP contribution >= 0.6 is 23.2 Å². The summed E-state index contributed by atoms with van der Waals surface area (Å²) in [5.74, 6) is -2.72. The van der Waals surface area contributed by atoms with Gasteiger partial charge < -0.3 is 29.9 Å². The van der Waals surface area contributed by atoms with E-state index in [2.05, 4.69) is 4.74 Å². The average molecular weight is 405 g/mol. The van der Waals surface area contributed by atoms with Gasteiger partial charge in [0.05, 0.1) is 24.3 Å². The van der Waals surface area contributed by atoms with Crippen LogP contribution in [0.5, 0.6) is 23.0 Å². The van der Waals surface area contributed by atoms with Gasteiger partial charge in [-0.3, -0.25) is 0 Å². The number of halogens is 2. The second-order valence-corrected chi connectivity index (χ2v) is 5.44. The van der Waals surface area contributed by atoms with E-state index in [4.69, 9.17) is 43.3 Å². The highest BCUT2D eigenvalue weighted by Crippen LogP contribution is 2.32. The van der Waals surface area contributed by atoms with Crippen LogP contribution in [-0.4, -0.2) is 46.6 Å². The van der Waals surface area contributed by atoms with Gasteiger partial charge in [-0.15, -0.1) is 0 Å². The Balaban J connectivity index is 0.000000263. The molecule has 4 N–H and O–H groups in total. The number of hydrogen-bond acceptors (Lipinski definition) is 7. The maximum atomic E-state index is 11.1. The average Bonchev–Trinajstić information content (AvgIpc) is 2.59. The van der Waals surface area contributed by atoms with Crippen LogP contribution in [0.2, 0.25) is 10.0 Å². The SMILES string of the molecule is COC(=O)c1cc(Cl)c(OC)cc1O.O=C(O)c1cc(Cl)c(O)cc1O. The lowest BCUT2D eigenvalue weighted by atomic mass is 10.2. The second-order valence-electron chi connectivity index (χ2n) is 4.62. The lowest BCUT2D eigenvalue weighted by Crippen LogP contribution is -2.01. The second kappa shape index (κ2) is 9.02. The summed E-state index contributed by atoms with van der Waals surface area (Å²) < 4.78 is 9.30. The molecule has 10 heteroatoms. The largest absolute Gasteiger partial charge is 0.507 e. The van der Waals surface area contributed by atoms with Gasteiger partial charge in [0, 0.05) is 12.1 Å². The van der Waals surface area contributed by atoms with Crippen molar-refractivity contribution >= 4 is 35.1 Å². The van der Waals surface area contributed by atoms with Crippen molar-refractivity contribution in [3.05, 3.63) is 45.4 Å². The predicted molar refractivity (Wildman–Crippen MR) is 92.7 cm³/mol. The number of carboxylic acid groups (broad SMARTS) is 1. The van der Waals surface area contributed by atoms with Gasteiger partial charge in [0.25, 0.3) is 0 Å².